The standard InChI is InChI=1S/C17H21N3O/c1-2-5-17(21)19-11-14-8-9-20(12-14)13-16-7-4-3-6-15(16)10-18/h2-4,6-7,14H,1,5,8-9,11-13H2,(H,19,21)/t14-/m0/s1. The number of benzene rings is 1. The Kier molecular flexibility index (Phi) is 5.53. The number of hydrogen-bond acceptors (Lipinski definition) is 3. The first-order valence-corrected chi connectivity index (χ1v) is 7.31. The van der Waals surface area contributed by atoms with E-state index in [0.717, 1.165) is 43.7 Å². The zero-order chi connectivity index (χ0) is 15.1. The van der Waals surface area contributed by atoms with Gasteiger partial charge in [-0.2, -0.15) is 5.26 Å². The highest BCUT2D eigenvalue weighted by Gasteiger charge is 2.23. The lowest BCUT2D eigenvalue weighted by atomic mass is 10.1. The highest BCUT2D eigenvalue weighted by molar-refractivity contribution is 5.77. The fourth-order valence-corrected chi connectivity index (χ4v) is 2.69. The molecular formula is C17H21N3O. The number of amides is 1. The van der Waals surface area contributed by atoms with Crippen molar-refractivity contribution in [1.82, 2.24) is 10.2 Å². The summed E-state index contributed by atoms with van der Waals surface area (Å²) >= 11 is 0. The Morgan fingerprint density at radius 1 is 1.52 bits per heavy atom. The van der Waals surface area contributed by atoms with Crippen LogP contribution in [0.1, 0.15) is 24.0 Å². The van der Waals surface area contributed by atoms with Gasteiger partial charge in [-0.25, -0.2) is 0 Å². The van der Waals surface area contributed by atoms with Crippen LogP contribution < -0.4 is 5.32 Å². The minimum absolute atomic E-state index is 0.0401. The van der Waals surface area contributed by atoms with E-state index in [-0.39, 0.29) is 5.91 Å². The van der Waals surface area contributed by atoms with Crippen LogP contribution in [0, 0.1) is 17.2 Å². The molecule has 1 fully saturated rings. The summed E-state index contributed by atoms with van der Waals surface area (Å²) in [6, 6.07) is 9.98. The molecule has 1 atom stereocenters. The fraction of sp³-hybridized carbons (Fsp3) is 0.412. The summed E-state index contributed by atoms with van der Waals surface area (Å²) in [5.41, 5.74) is 1.83. The number of nitriles is 1. The average molecular weight is 283 g/mol. The van der Waals surface area contributed by atoms with Gasteiger partial charge >= 0.3 is 0 Å². The largest absolute Gasteiger partial charge is 0.356 e. The van der Waals surface area contributed by atoms with Gasteiger partial charge in [0.05, 0.1) is 11.6 Å². The van der Waals surface area contributed by atoms with Crippen LogP contribution >= 0.6 is 0 Å². The summed E-state index contributed by atoms with van der Waals surface area (Å²) in [6.45, 7) is 7.07. The molecular weight excluding hydrogens is 262 g/mol. The number of nitrogens with one attached hydrogen (secondary N) is 1. The van der Waals surface area contributed by atoms with E-state index in [0.29, 0.717) is 12.3 Å². The van der Waals surface area contributed by atoms with E-state index >= 15 is 0 Å². The van der Waals surface area contributed by atoms with Crippen molar-refractivity contribution in [2.45, 2.75) is 19.4 Å². The van der Waals surface area contributed by atoms with Gasteiger partial charge in [0.25, 0.3) is 0 Å². The van der Waals surface area contributed by atoms with Gasteiger partial charge in [-0.05, 0) is 30.5 Å². The lowest BCUT2D eigenvalue weighted by molar-refractivity contribution is -0.120. The molecule has 0 spiro atoms. The summed E-state index contributed by atoms with van der Waals surface area (Å²) in [5.74, 6) is 0.534. The van der Waals surface area contributed by atoms with Gasteiger partial charge in [-0.1, -0.05) is 24.3 Å². The van der Waals surface area contributed by atoms with E-state index in [1.54, 1.807) is 6.08 Å². The quantitative estimate of drug-likeness (QED) is 0.813. The van der Waals surface area contributed by atoms with Crippen LogP contribution in [-0.4, -0.2) is 30.4 Å². The topological polar surface area (TPSA) is 56.1 Å². The van der Waals surface area contributed by atoms with Gasteiger partial charge in [0.1, 0.15) is 0 Å². The molecule has 4 heteroatoms. The van der Waals surface area contributed by atoms with Crippen molar-refractivity contribution in [3.63, 3.8) is 0 Å². The molecule has 1 aliphatic rings. The van der Waals surface area contributed by atoms with Gasteiger partial charge in [-0.3, -0.25) is 9.69 Å². The lowest BCUT2D eigenvalue weighted by Crippen LogP contribution is -2.30. The fourth-order valence-electron chi connectivity index (χ4n) is 2.69. The van der Waals surface area contributed by atoms with Crippen molar-refractivity contribution in [1.29, 1.82) is 5.26 Å². The third kappa shape index (κ3) is 4.44. The number of likely N-dealkylation sites (tertiary alicyclic amines) is 1. The maximum absolute atomic E-state index is 11.4. The van der Waals surface area contributed by atoms with E-state index in [4.69, 9.17) is 5.26 Å². The van der Waals surface area contributed by atoms with Crippen LogP contribution in [0.3, 0.4) is 0 Å². The molecule has 1 amide bonds. The van der Waals surface area contributed by atoms with Crippen LogP contribution in [-0.2, 0) is 11.3 Å². The molecule has 1 aromatic carbocycles. The highest BCUT2D eigenvalue weighted by atomic mass is 16.1. The molecule has 2 rings (SSSR count). The van der Waals surface area contributed by atoms with E-state index in [1.807, 2.05) is 24.3 Å². The number of nitrogens with zero attached hydrogens (tertiary/aromatic N) is 2. The molecule has 0 aromatic heterocycles. The van der Waals surface area contributed by atoms with Crippen molar-refractivity contribution >= 4 is 5.91 Å². The molecule has 0 unspecified atom stereocenters. The van der Waals surface area contributed by atoms with Crippen molar-refractivity contribution in [2.75, 3.05) is 19.6 Å². The number of rotatable bonds is 6. The number of hydrogen-bond donors (Lipinski definition) is 1. The summed E-state index contributed by atoms with van der Waals surface area (Å²) in [6.07, 6.45) is 3.09. The van der Waals surface area contributed by atoms with Gasteiger partial charge in [-0.15, -0.1) is 6.58 Å². The van der Waals surface area contributed by atoms with Crippen molar-refractivity contribution in [3.8, 4) is 6.07 Å². The first-order valence-electron chi connectivity index (χ1n) is 7.31. The monoisotopic (exact) mass is 283 g/mol. The second-order valence-electron chi connectivity index (χ2n) is 5.46. The second-order valence-corrected chi connectivity index (χ2v) is 5.46. The maximum atomic E-state index is 11.4. The lowest BCUT2D eigenvalue weighted by Gasteiger charge is -2.17. The molecule has 0 saturated carbocycles. The molecule has 1 heterocycles. The normalized spacial score (nSPS) is 18.1. The zero-order valence-corrected chi connectivity index (χ0v) is 12.2. The van der Waals surface area contributed by atoms with Crippen molar-refractivity contribution in [2.24, 2.45) is 5.92 Å². The Morgan fingerprint density at radius 3 is 3.10 bits per heavy atom. The Bertz CT molecular complexity index is 547. The van der Waals surface area contributed by atoms with Gasteiger partial charge in [0, 0.05) is 26.1 Å². The van der Waals surface area contributed by atoms with Gasteiger partial charge in [0.2, 0.25) is 5.91 Å². The molecule has 4 nitrogen and oxygen atoms in total. The number of carbonyl (C=O) groups excluding carboxylic acids is 1. The average Bonchev–Trinajstić information content (AvgIpc) is 2.94. The minimum atomic E-state index is 0.0401. The molecule has 21 heavy (non-hydrogen) atoms. The first kappa shape index (κ1) is 15.3. The summed E-state index contributed by atoms with van der Waals surface area (Å²) in [5, 5.41) is 12.1. The first-order chi connectivity index (χ1) is 10.2. The Hall–Kier alpha value is -2.12. The summed E-state index contributed by atoms with van der Waals surface area (Å²) < 4.78 is 0. The van der Waals surface area contributed by atoms with E-state index in [2.05, 4.69) is 22.9 Å². The molecule has 110 valence electrons. The van der Waals surface area contributed by atoms with Crippen LogP contribution in [0.5, 0.6) is 0 Å². The summed E-state index contributed by atoms with van der Waals surface area (Å²) in [7, 11) is 0. The van der Waals surface area contributed by atoms with Crippen LogP contribution in [0.2, 0.25) is 0 Å². The van der Waals surface area contributed by atoms with E-state index < -0.39 is 0 Å². The molecule has 1 aliphatic heterocycles. The zero-order valence-electron chi connectivity index (χ0n) is 12.2. The molecule has 1 saturated heterocycles. The Balaban J connectivity index is 1.81. The Labute approximate surface area is 126 Å². The van der Waals surface area contributed by atoms with Crippen molar-refractivity contribution < 1.29 is 4.79 Å². The van der Waals surface area contributed by atoms with Crippen LogP contribution in [0.15, 0.2) is 36.9 Å². The highest BCUT2D eigenvalue weighted by Crippen LogP contribution is 2.19. The molecule has 0 bridgehead atoms. The molecule has 0 aliphatic carbocycles. The van der Waals surface area contributed by atoms with E-state index in [9.17, 15) is 4.79 Å². The molecule has 1 N–H and O–H groups in total. The third-order valence-electron chi connectivity index (χ3n) is 3.82. The predicted molar refractivity (Wildman–Crippen MR) is 82.4 cm³/mol. The van der Waals surface area contributed by atoms with Gasteiger partial charge < -0.3 is 5.32 Å². The van der Waals surface area contributed by atoms with Crippen molar-refractivity contribution in [3.05, 3.63) is 48.0 Å². The predicted octanol–water partition coefficient (Wildman–Crippen LogP) is 2.07. The minimum Gasteiger partial charge on any atom is -0.356 e. The third-order valence-corrected chi connectivity index (χ3v) is 3.82. The Morgan fingerprint density at radius 2 is 2.33 bits per heavy atom. The van der Waals surface area contributed by atoms with Gasteiger partial charge in [0.15, 0.2) is 0 Å². The summed E-state index contributed by atoms with van der Waals surface area (Å²) in [4.78, 5) is 13.8. The van der Waals surface area contributed by atoms with Crippen LogP contribution in [0.4, 0.5) is 0 Å². The molecule has 1 aromatic rings. The second kappa shape index (κ2) is 7.61. The maximum Gasteiger partial charge on any atom is 0.223 e. The van der Waals surface area contributed by atoms with E-state index in [1.165, 1.54) is 0 Å². The number of carbonyl (C=O) groups is 1. The SMILES string of the molecule is C=CCC(=O)NC[C@@H]1CCN(Cc2ccccc2C#N)C1. The smallest absolute Gasteiger partial charge is 0.223 e. The van der Waals surface area contributed by atoms with Crippen LogP contribution in [0.25, 0.3) is 0 Å². The molecule has 0 radical (unpaired) electrons.